The van der Waals surface area contributed by atoms with Gasteiger partial charge in [-0.25, -0.2) is 9.97 Å². The van der Waals surface area contributed by atoms with E-state index >= 15 is 0 Å². The van der Waals surface area contributed by atoms with Crippen molar-refractivity contribution in [3.8, 4) is 0 Å². The topological polar surface area (TPSA) is 55.2 Å². The van der Waals surface area contributed by atoms with E-state index in [1.807, 2.05) is 13.8 Å². The zero-order valence-electron chi connectivity index (χ0n) is 8.60. The maximum absolute atomic E-state index is 9.59. The summed E-state index contributed by atoms with van der Waals surface area (Å²) in [6.07, 6.45) is 3.60. The van der Waals surface area contributed by atoms with Gasteiger partial charge < -0.3 is 9.84 Å². The van der Waals surface area contributed by atoms with E-state index in [4.69, 9.17) is 4.74 Å². The van der Waals surface area contributed by atoms with E-state index in [0.29, 0.717) is 12.4 Å². The second kappa shape index (κ2) is 5.67. The van der Waals surface area contributed by atoms with Crippen molar-refractivity contribution >= 4 is 0 Å². The highest BCUT2D eigenvalue weighted by Crippen LogP contribution is 2.07. The lowest BCUT2D eigenvalue weighted by Gasteiger charge is -2.09. The van der Waals surface area contributed by atoms with E-state index in [-0.39, 0.29) is 6.61 Å². The van der Waals surface area contributed by atoms with E-state index in [2.05, 4.69) is 9.97 Å². The summed E-state index contributed by atoms with van der Waals surface area (Å²) < 4.78 is 5.20. The van der Waals surface area contributed by atoms with Crippen LogP contribution in [-0.2, 0) is 4.74 Å². The van der Waals surface area contributed by atoms with Gasteiger partial charge >= 0.3 is 0 Å². The number of aliphatic hydroxyl groups is 1. The molecule has 4 heteroatoms. The summed E-state index contributed by atoms with van der Waals surface area (Å²) in [5.41, 5.74) is 0.982. The molecule has 1 aromatic rings. The van der Waals surface area contributed by atoms with Gasteiger partial charge in [-0.3, -0.25) is 0 Å². The van der Waals surface area contributed by atoms with Crippen LogP contribution >= 0.6 is 0 Å². The van der Waals surface area contributed by atoms with Crippen molar-refractivity contribution < 1.29 is 9.84 Å². The van der Waals surface area contributed by atoms with Gasteiger partial charge in [0.1, 0.15) is 6.10 Å². The average Bonchev–Trinajstić information content (AvgIpc) is 2.19. The van der Waals surface area contributed by atoms with Gasteiger partial charge in [-0.1, -0.05) is 6.92 Å². The second-order valence-corrected chi connectivity index (χ2v) is 3.21. The van der Waals surface area contributed by atoms with E-state index < -0.39 is 6.10 Å². The Morgan fingerprint density at radius 1 is 1.43 bits per heavy atom. The van der Waals surface area contributed by atoms with Crippen LogP contribution in [0.1, 0.15) is 30.8 Å². The molecule has 4 nitrogen and oxygen atoms in total. The quantitative estimate of drug-likeness (QED) is 0.720. The molecule has 14 heavy (non-hydrogen) atoms. The van der Waals surface area contributed by atoms with Crippen LogP contribution in [0.5, 0.6) is 0 Å². The predicted octanol–water partition coefficient (Wildman–Crippen LogP) is 1.25. The molecule has 1 N–H and O–H groups in total. The SMILES string of the molecule is CCCOCC(O)c1ncc(C)cn1. The normalized spacial score (nSPS) is 12.8. The predicted molar refractivity (Wildman–Crippen MR) is 52.8 cm³/mol. The molecule has 1 atom stereocenters. The number of hydrogen-bond acceptors (Lipinski definition) is 4. The van der Waals surface area contributed by atoms with E-state index in [9.17, 15) is 5.11 Å². The molecule has 0 saturated heterocycles. The van der Waals surface area contributed by atoms with Gasteiger partial charge in [0, 0.05) is 19.0 Å². The zero-order chi connectivity index (χ0) is 10.4. The number of rotatable bonds is 5. The Hall–Kier alpha value is -1.00. The Morgan fingerprint density at radius 3 is 2.64 bits per heavy atom. The van der Waals surface area contributed by atoms with Gasteiger partial charge in [-0.05, 0) is 18.9 Å². The van der Waals surface area contributed by atoms with Crippen LogP contribution in [0.4, 0.5) is 0 Å². The molecule has 0 aliphatic rings. The number of hydrogen-bond donors (Lipinski definition) is 1. The molecule has 0 spiro atoms. The fourth-order valence-electron chi connectivity index (χ4n) is 0.988. The Labute approximate surface area is 84.0 Å². The molecule has 0 aliphatic carbocycles. The van der Waals surface area contributed by atoms with E-state index in [1.165, 1.54) is 0 Å². The van der Waals surface area contributed by atoms with Crippen LogP contribution in [0.25, 0.3) is 0 Å². The third-order valence-electron chi connectivity index (χ3n) is 1.72. The van der Waals surface area contributed by atoms with E-state index in [1.54, 1.807) is 12.4 Å². The summed E-state index contributed by atoms with van der Waals surface area (Å²) in [4.78, 5) is 8.03. The first-order chi connectivity index (χ1) is 6.74. The smallest absolute Gasteiger partial charge is 0.159 e. The van der Waals surface area contributed by atoms with Gasteiger partial charge in [0.25, 0.3) is 0 Å². The largest absolute Gasteiger partial charge is 0.383 e. The maximum Gasteiger partial charge on any atom is 0.159 e. The monoisotopic (exact) mass is 196 g/mol. The fraction of sp³-hybridized carbons (Fsp3) is 0.600. The van der Waals surface area contributed by atoms with Crippen LogP contribution in [0.3, 0.4) is 0 Å². The lowest BCUT2D eigenvalue weighted by Crippen LogP contribution is -2.11. The first-order valence-corrected chi connectivity index (χ1v) is 4.78. The van der Waals surface area contributed by atoms with Gasteiger partial charge in [0.15, 0.2) is 5.82 Å². The minimum Gasteiger partial charge on any atom is -0.383 e. The maximum atomic E-state index is 9.59. The van der Waals surface area contributed by atoms with Crippen LogP contribution in [-0.4, -0.2) is 28.3 Å². The van der Waals surface area contributed by atoms with Gasteiger partial charge in [0.2, 0.25) is 0 Å². The molecule has 0 amide bonds. The summed E-state index contributed by atoms with van der Waals surface area (Å²) in [5, 5.41) is 9.59. The summed E-state index contributed by atoms with van der Waals surface area (Å²) in [6.45, 7) is 4.85. The van der Waals surface area contributed by atoms with E-state index in [0.717, 1.165) is 12.0 Å². The van der Waals surface area contributed by atoms with Crippen LogP contribution < -0.4 is 0 Å². The lowest BCUT2D eigenvalue weighted by molar-refractivity contribution is 0.0318. The first-order valence-electron chi connectivity index (χ1n) is 4.78. The molecule has 1 unspecified atom stereocenters. The Balaban J connectivity index is 2.43. The van der Waals surface area contributed by atoms with Crippen LogP contribution in [0.15, 0.2) is 12.4 Å². The summed E-state index contributed by atoms with van der Waals surface area (Å²) in [6, 6.07) is 0. The van der Waals surface area contributed by atoms with Crippen molar-refractivity contribution in [1.82, 2.24) is 9.97 Å². The third kappa shape index (κ3) is 3.40. The molecule has 0 bridgehead atoms. The van der Waals surface area contributed by atoms with Gasteiger partial charge in [0.05, 0.1) is 6.61 Å². The van der Waals surface area contributed by atoms with Crippen molar-refractivity contribution in [3.63, 3.8) is 0 Å². The third-order valence-corrected chi connectivity index (χ3v) is 1.72. The van der Waals surface area contributed by atoms with Gasteiger partial charge in [-0.15, -0.1) is 0 Å². The molecule has 0 radical (unpaired) electrons. The Bertz CT molecular complexity index is 261. The number of aryl methyl sites for hydroxylation is 1. The molecule has 1 rings (SSSR count). The van der Waals surface area contributed by atoms with Crippen molar-refractivity contribution in [1.29, 1.82) is 0 Å². The molecule has 78 valence electrons. The zero-order valence-corrected chi connectivity index (χ0v) is 8.60. The van der Waals surface area contributed by atoms with Crippen molar-refractivity contribution in [2.75, 3.05) is 13.2 Å². The molecular formula is C10H16N2O2. The van der Waals surface area contributed by atoms with Crippen molar-refractivity contribution in [2.24, 2.45) is 0 Å². The summed E-state index contributed by atoms with van der Waals surface area (Å²) in [5.74, 6) is 0.423. The number of aromatic nitrogens is 2. The van der Waals surface area contributed by atoms with Crippen LogP contribution in [0, 0.1) is 6.92 Å². The molecule has 0 saturated carbocycles. The molecule has 1 aromatic heterocycles. The highest BCUT2D eigenvalue weighted by Gasteiger charge is 2.09. The number of nitrogens with zero attached hydrogens (tertiary/aromatic N) is 2. The van der Waals surface area contributed by atoms with Crippen molar-refractivity contribution in [3.05, 3.63) is 23.8 Å². The lowest BCUT2D eigenvalue weighted by atomic mass is 10.3. The molecule has 0 aromatic carbocycles. The minimum atomic E-state index is -0.720. The fourth-order valence-corrected chi connectivity index (χ4v) is 0.988. The summed E-state index contributed by atoms with van der Waals surface area (Å²) in [7, 11) is 0. The Kier molecular flexibility index (Phi) is 4.49. The van der Waals surface area contributed by atoms with Gasteiger partial charge in [-0.2, -0.15) is 0 Å². The minimum absolute atomic E-state index is 0.261. The van der Waals surface area contributed by atoms with Crippen molar-refractivity contribution in [2.45, 2.75) is 26.4 Å². The number of ether oxygens (including phenoxy) is 1. The summed E-state index contributed by atoms with van der Waals surface area (Å²) >= 11 is 0. The molecular weight excluding hydrogens is 180 g/mol. The molecule has 0 aliphatic heterocycles. The van der Waals surface area contributed by atoms with Crippen LogP contribution in [0.2, 0.25) is 0 Å². The average molecular weight is 196 g/mol. The standard InChI is InChI=1S/C10H16N2O2/c1-3-4-14-7-9(13)10-11-5-8(2)6-12-10/h5-6,9,13H,3-4,7H2,1-2H3. The highest BCUT2D eigenvalue weighted by atomic mass is 16.5. The molecule has 1 heterocycles. The highest BCUT2D eigenvalue weighted by molar-refractivity contribution is 5.03. The molecule has 0 fully saturated rings. The Morgan fingerprint density at radius 2 is 2.07 bits per heavy atom. The first kappa shape index (κ1) is 11.1. The second-order valence-electron chi connectivity index (χ2n) is 3.21. The number of aliphatic hydroxyl groups excluding tert-OH is 1.